The van der Waals surface area contributed by atoms with E-state index in [1.165, 1.54) is 49.3 Å². The van der Waals surface area contributed by atoms with Gasteiger partial charge in [-0.1, -0.05) is 44.2 Å². The fourth-order valence-electron chi connectivity index (χ4n) is 5.35. The molecule has 1 atom stereocenters. The van der Waals surface area contributed by atoms with Crippen molar-refractivity contribution in [2.75, 3.05) is 19.6 Å². The first kappa shape index (κ1) is 20.2. The molecule has 31 heavy (non-hydrogen) atoms. The van der Waals surface area contributed by atoms with Crippen molar-refractivity contribution in [3.05, 3.63) is 57.0 Å². The average Bonchev–Trinajstić information content (AvgIpc) is 3.19. The highest BCUT2D eigenvalue weighted by Gasteiger charge is 2.26. The highest BCUT2D eigenvalue weighted by molar-refractivity contribution is 5.85. The molecule has 0 radical (unpaired) electrons. The van der Waals surface area contributed by atoms with E-state index in [4.69, 9.17) is 0 Å². The Morgan fingerprint density at radius 3 is 2.71 bits per heavy atom. The van der Waals surface area contributed by atoms with E-state index in [9.17, 15) is 9.59 Å². The summed E-state index contributed by atoms with van der Waals surface area (Å²) >= 11 is 0. The van der Waals surface area contributed by atoms with Gasteiger partial charge in [-0.05, 0) is 50.4 Å². The smallest absolute Gasteiger partial charge is 0.320 e. The molecule has 3 heterocycles. The molecule has 1 aromatic carbocycles. The quantitative estimate of drug-likeness (QED) is 0.660. The van der Waals surface area contributed by atoms with Gasteiger partial charge < -0.3 is 9.88 Å². The van der Waals surface area contributed by atoms with E-state index in [-0.39, 0.29) is 17.2 Å². The molecule has 7 heteroatoms. The monoisotopic (exact) mass is 421 g/mol. The topological polar surface area (TPSA) is 86.8 Å². The van der Waals surface area contributed by atoms with Crippen molar-refractivity contribution in [1.29, 1.82) is 0 Å². The van der Waals surface area contributed by atoms with Gasteiger partial charge in [-0.3, -0.25) is 9.78 Å². The second-order valence-corrected chi connectivity index (χ2v) is 9.22. The summed E-state index contributed by atoms with van der Waals surface area (Å²) in [7, 11) is 0. The van der Waals surface area contributed by atoms with Crippen LogP contribution >= 0.6 is 0 Å². The number of hydrogen-bond donors (Lipinski definition) is 2. The number of aromatic amines is 2. The molecular formula is C24H31N5O2. The maximum absolute atomic E-state index is 12.8. The molecule has 5 rings (SSSR count). The summed E-state index contributed by atoms with van der Waals surface area (Å²) in [6.45, 7) is 3.24. The van der Waals surface area contributed by atoms with Gasteiger partial charge in [0.1, 0.15) is 5.82 Å². The molecule has 2 aromatic heterocycles. The lowest BCUT2D eigenvalue weighted by Crippen LogP contribution is -2.36. The molecule has 2 aliphatic rings. The van der Waals surface area contributed by atoms with Crippen LogP contribution in [0.25, 0.3) is 16.6 Å². The largest absolute Gasteiger partial charge is 0.348 e. The number of nitrogens with one attached hydrogen (secondary N) is 2. The molecule has 7 nitrogen and oxygen atoms in total. The molecule has 1 unspecified atom stereocenters. The summed E-state index contributed by atoms with van der Waals surface area (Å²) in [6.07, 6.45) is 10.4. The van der Waals surface area contributed by atoms with Crippen LogP contribution < -0.4 is 11.2 Å². The standard InChI is InChI=1S/C24H31N5O2/c30-21-12-11-18-8-4-10-20(22(18)25-21)29-24(31)26-23(27-29)19-9-5-14-28(16-19)15-13-17-6-2-1-3-7-17/h4,8,10-12,17,19H,1-3,5-7,9,13-16H2,(H,25,30)(H,26,27,31). The Morgan fingerprint density at radius 2 is 1.84 bits per heavy atom. The van der Waals surface area contributed by atoms with Gasteiger partial charge in [0.15, 0.2) is 0 Å². The van der Waals surface area contributed by atoms with Gasteiger partial charge in [-0.2, -0.15) is 4.68 Å². The molecule has 2 fully saturated rings. The zero-order valence-electron chi connectivity index (χ0n) is 18.0. The van der Waals surface area contributed by atoms with Gasteiger partial charge >= 0.3 is 5.69 Å². The van der Waals surface area contributed by atoms with Crippen molar-refractivity contribution < 1.29 is 0 Å². The number of pyridine rings is 1. The maximum atomic E-state index is 12.8. The Kier molecular flexibility index (Phi) is 5.76. The van der Waals surface area contributed by atoms with Crippen molar-refractivity contribution in [3.8, 4) is 5.69 Å². The summed E-state index contributed by atoms with van der Waals surface area (Å²) in [6, 6.07) is 8.88. The predicted molar refractivity (Wildman–Crippen MR) is 122 cm³/mol. The van der Waals surface area contributed by atoms with Crippen LogP contribution in [0.5, 0.6) is 0 Å². The lowest BCUT2D eigenvalue weighted by Gasteiger charge is -2.33. The number of nitrogens with zero attached hydrogens (tertiary/aromatic N) is 3. The van der Waals surface area contributed by atoms with Crippen LogP contribution in [0.1, 0.15) is 63.1 Å². The van der Waals surface area contributed by atoms with Gasteiger partial charge in [0.25, 0.3) is 0 Å². The number of piperidine rings is 1. The highest BCUT2D eigenvalue weighted by atomic mass is 16.2. The Balaban J connectivity index is 1.34. The molecule has 3 aromatic rings. The number of rotatable bonds is 5. The highest BCUT2D eigenvalue weighted by Crippen LogP contribution is 2.29. The average molecular weight is 422 g/mol. The summed E-state index contributed by atoms with van der Waals surface area (Å²) in [4.78, 5) is 33.0. The van der Waals surface area contributed by atoms with Crippen molar-refractivity contribution in [1.82, 2.24) is 24.6 Å². The zero-order chi connectivity index (χ0) is 21.2. The molecule has 1 saturated heterocycles. The Bertz CT molecular complexity index is 1150. The van der Waals surface area contributed by atoms with Crippen LogP contribution in [0, 0.1) is 5.92 Å². The lowest BCUT2D eigenvalue weighted by molar-refractivity contribution is 0.182. The van der Waals surface area contributed by atoms with Gasteiger partial charge in [-0.15, -0.1) is 5.10 Å². The first-order valence-electron chi connectivity index (χ1n) is 11.7. The second-order valence-electron chi connectivity index (χ2n) is 9.22. The molecule has 1 aliphatic heterocycles. The van der Waals surface area contributed by atoms with Crippen LogP contribution in [0.3, 0.4) is 0 Å². The number of para-hydroxylation sites is 1. The minimum absolute atomic E-state index is 0.190. The van der Waals surface area contributed by atoms with Crippen molar-refractivity contribution in [2.45, 2.75) is 57.3 Å². The number of hydrogen-bond acceptors (Lipinski definition) is 4. The van der Waals surface area contributed by atoms with E-state index in [1.54, 1.807) is 6.07 Å². The molecular weight excluding hydrogens is 390 g/mol. The van der Waals surface area contributed by atoms with Gasteiger partial charge in [-0.25, -0.2) is 4.79 Å². The minimum atomic E-state index is -0.258. The summed E-state index contributed by atoms with van der Waals surface area (Å²) in [5, 5.41) is 5.54. The molecule has 2 N–H and O–H groups in total. The first-order chi connectivity index (χ1) is 15.2. The maximum Gasteiger partial charge on any atom is 0.348 e. The second kappa shape index (κ2) is 8.83. The Labute approximate surface area is 181 Å². The number of H-pyrrole nitrogens is 2. The van der Waals surface area contributed by atoms with Crippen LogP contribution in [0.15, 0.2) is 39.9 Å². The van der Waals surface area contributed by atoms with E-state index in [0.717, 1.165) is 49.6 Å². The molecule has 164 valence electrons. The van der Waals surface area contributed by atoms with E-state index < -0.39 is 0 Å². The van der Waals surface area contributed by atoms with E-state index in [2.05, 4.69) is 20.0 Å². The molecule has 0 amide bonds. The van der Waals surface area contributed by atoms with Crippen LogP contribution in [-0.4, -0.2) is 44.3 Å². The van der Waals surface area contributed by atoms with Crippen LogP contribution in [-0.2, 0) is 0 Å². The summed E-state index contributed by atoms with van der Waals surface area (Å²) < 4.78 is 1.40. The van der Waals surface area contributed by atoms with E-state index >= 15 is 0 Å². The first-order valence-corrected chi connectivity index (χ1v) is 11.7. The Morgan fingerprint density at radius 1 is 0.968 bits per heavy atom. The SMILES string of the molecule is O=c1ccc2cccc(-n3nc(C4CCCN(CCC5CCCCC5)C4)[nH]c3=O)c2[nH]1. The van der Waals surface area contributed by atoms with Gasteiger partial charge in [0.05, 0.1) is 11.2 Å². The molecule has 0 spiro atoms. The molecule has 1 aliphatic carbocycles. The minimum Gasteiger partial charge on any atom is -0.320 e. The fourth-order valence-corrected chi connectivity index (χ4v) is 5.35. The zero-order valence-corrected chi connectivity index (χ0v) is 18.0. The molecule has 0 bridgehead atoms. The van der Waals surface area contributed by atoms with Crippen molar-refractivity contribution in [2.24, 2.45) is 5.92 Å². The summed E-state index contributed by atoms with van der Waals surface area (Å²) in [5.41, 5.74) is 0.789. The van der Waals surface area contributed by atoms with Crippen LogP contribution in [0.4, 0.5) is 0 Å². The molecule has 1 saturated carbocycles. The fraction of sp³-hybridized carbons (Fsp3) is 0.542. The number of likely N-dealkylation sites (tertiary alicyclic amines) is 1. The van der Waals surface area contributed by atoms with E-state index in [1.807, 2.05) is 18.2 Å². The van der Waals surface area contributed by atoms with Crippen molar-refractivity contribution in [3.63, 3.8) is 0 Å². The number of aromatic nitrogens is 4. The predicted octanol–water partition coefficient (Wildman–Crippen LogP) is 3.55. The third kappa shape index (κ3) is 4.37. The van der Waals surface area contributed by atoms with Crippen LogP contribution in [0.2, 0.25) is 0 Å². The summed E-state index contributed by atoms with van der Waals surface area (Å²) in [5.74, 6) is 1.88. The van der Waals surface area contributed by atoms with E-state index in [0.29, 0.717) is 11.2 Å². The van der Waals surface area contributed by atoms with Gasteiger partial charge in [0, 0.05) is 23.9 Å². The van der Waals surface area contributed by atoms with Gasteiger partial charge in [0.2, 0.25) is 5.56 Å². The third-order valence-electron chi connectivity index (χ3n) is 7.07. The lowest BCUT2D eigenvalue weighted by atomic mass is 9.86. The normalized spacial score (nSPS) is 21.0. The number of fused-ring (bicyclic) bond motifs is 1. The van der Waals surface area contributed by atoms with Crippen molar-refractivity contribution >= 4 is 10.9 Å². The Hall–Kier alpha value is -2.67. The third-order valence-corrected chi connectivity index (χ3v) is 7.07. The number of benzene rings is 1.